The molecule has 0 atom stereocenters. The van der Waals surface area contributed by atoms with Crippen LogP contribution in [-0.2, 0) is 13.2 Å². The molecule has 0 unspecified atom stereocenters. The summed E-state index contributed by atoms with van der Waals surface area (Å²) in [5, 5.41) is 5.21. The van der Waals surface area contributed by atoms with E-state index < -0.39 is 0 Å². The van der Waals surface area contributed by atoms with Gasteiger partial charge in [0.2, 0.25) is 0 Å². The molecule has 0 aliphatic heterocycles. The molecule has 2 rings (SSSR count). The first-order chi connectivity index (χ1) is 7.90. The molecule has 0 bridgehead atoms. The molecule has 16 heavy (non-hydrogen) atoms. The maximum absolute atomic E-state index is 5.80. The summed E-state index contributed by atoms with van der Waals surface area (Å²) in [6.45, 7) is 1.49. The molecule has 2 nitrogen and oxygen atoms in total. The molecule has 1 aromatic carbocycles. The molecule has 0 saturated heterocycles. The summed E-state index contributed by atoms with van der Waals surface area (Å²) in [5.41, 5.74) is 1.20. The van der Waals surface area contributed by atoms with Gasteiger partial charge in [0.25, 0.3) is 0 Å². The third kappa shape index (κ3) is 2.84. The largest absolute Gasteiger partial charge is 0.488 e. The highest BCUT2D eigenvalue weighted by Crippen LogP contribution is 2.20. The smallest absolute Gasteiger partial charge is 0.124 e. The summed E-state index contributed by atoms with van der Waals surface area (Å²) in [6.07, 6.45) is 0. The lowest BCUT2D eigenvalue weighted by Crippen LogP contribution is -2.07. The van der Waals surface area contributed by atoms with Crippen LogP contribution in [0.4, 0.5) is 0 Å². The molecule has 0 aliphatic carbocycles. The van der Waals surface area contributed by atoms with Crippen LogP contribution in [0.15, 0.2) is 41.8 Å². The van der Waals surface area contributed by atoms with Crippen LogP contribution in [0.2, 0.25) is 0 Å². The highest BCUT2D eigenvalue weighted by Gasteiger charge is 2.02. The Kier molecular flexibility index (Phi) is 3.97. The fourth-order valence-corrected chi connectivity index (χ4v) is 2.14. The van der Waals surface area contributed by atoms with Crippen molar-refractivity contribution in [2.24, 2.45) is 0 Å². The van der Waals surface area contributed by atoms with E-state index in [0.717, 1.165) is 12.3 Å². The number of ether oxygens (including phenoxy) is 1. The maximum Gasteiger partial charge on any atom is 0.124 e. The molecule has 84 valence electrons. The molecule has 0 radical (unpaired) electrons. The van der Waals surface area contributed by atoms with E-state index in [9.17, 15) is 0 Å². The molecule has 2 aromatic rings. The van der Waals surface area contributed by atoms with Crippen molar-refractivity contribution >= 4 is 11.3 Å². The summed E-state index contributed by atoms with van der Waals surface area (Å²) < 4.78 is 5.80. The normalized spacial score (nSPS) is 10.3. The van der Waals surface area contributed by atoms with Crippen LogP contribution in [0, 0.1) is 0 Å². The minimum atomic E-state index is 0.651. The Bertz CT molecular complexity index is 425. The number of rotatable bonds is 5. The van der Waals surface area contributed by atoms with Crippen LogP contribution < -0.4 is 10.1 Å². The summed E-state index contributed by atoms with van der Waals surface area (Å²) in [6, 6.07) is 12.3. The quantitative estimate of drug-likeness (QED) is 0.857. The highest BCUT2D eigenvalue weighted by molar-refractivity contribution is 7.09. The van der Waals surface area contributed by atoms with Crippen LogP contribution >= 0.6 is 11.3 Å². The number of hydrogen-bond donors (Lipinski definition) is 1. The van der Waals surface area contributed by atoms with Gasteiger partial charge in [0.05, 0.1) is 0 Å². The van der Waals surface area contributed by atoms with Gasteiger partial charge in [0.15, 0.2) is 0 Å². The van der Waals surface area contributed by atoms with E-state index in [1.165, 1.54) is 10.4 Å². The van der Waals surface area contributed by atoms with Gasteiger partial charge in [-0.3, -0.25) is 0 Å². The molecule has 0 fully saturated rings. The van der Waals surface area contributed by atoms with E-state index in [2.05, 4.69) is 22.8 Å². The first-order valence-electron chi connectivity index (χ1n) is 5.28. The van der Waals surface area contributed by atoms with E-state index in [1.54, 1.807) is 11.3 Å². The molecule has 0 saturated carbocycles. The molecule has 0 aliphatic rings. The van der Waals surface area contributed by atoms with Crippen molar-refractivity contribution in [2.45, 2.75) is 13.2 Å². The van der Waals surface area contributed by atoms with E-state index in [0.29, 0.717) is 6.61 Å². The first-order valence-corrected chi connectivity index (χ1v) is 6.16. The summed E-state index contributed by atoms with van der Waals surface area (Å²) in [7, 11) is 1.94. The Labute approximate surface area is 99.9 Å². The van der Waals surface area contributed by atoms with Crippen LogP contribution in [0.25, 0.3) is 0 Å². The van der Waals surface area contributed by atoms with E-state index in [-0.39, 0.29) is 0 Å². The molecule has 1 aromatic heterocycles. The number of hydrogen-bond acceptors (Lipinski definition) is 3. The Morgan fingerprint density at radius 3 is 2.81 bits per heavy atom. The number of benzene rings is 1. The van der Waals surface area contributed by atoms with Gasteiger partial charge in [0.1, 0.15) is 12.4 Å². The predicted octanol–water partition coefficient (Wildman–Crippen LogP) is 3.05. The Hall–Kier alpha value is -1.32. The van der Waals surface area contributed by atoms with E-state index in [4.69, 9.17) is 4.74 Å². The average molecular weight is 233 g/mol. The zero-order valence-electron chi connectivity index (χ0n) is 9.27. The van der Waals surface area contributed by atoms with Crippen molar-refractivity contribution < 1.29 is 4.74 Å². The van der Waals surface area contributed by atoms with Gasteiger partial charge in [-0.1, -0.05) is 24.3 Å². The second kappa shape index (κ2) is 5.68. The summed E-state index contributed by atoms with van der Waals surface area (Å²) in [4.78, 5) is 1.25. The predicted molar refractivity (Wildman–Crippen MR) is 67.9 cm³/mol. The fraction of sp³-hybridized carbons (Fsp3) is 0.231. The van der Waals surface area contributed by atoms with Crippen LogP contribution in [0.3, 0.4) is 0 Å². The van der Waals surface area contributed by atoms with Crippen LogP contribution in [0.1, 0.15) is 10.4 Å². The second-order valence-electron chi connectivity index (χ2n) is 3.51. The third-order valence-corrected chi connectivity index (χ3v) is 3.14. The monoisotopic (exact) mass is 233 g/mol. The third-order valence-electron chi connectivity index (χ3n) is 2.29. The van der Waals surface area contributed by atoms with Crippen molar-refractivity contribution in [3.8, 4) is 5.75 Å². The highest BCUT2D eigenvalue weighted by atomic mass is 32.1. The van der Waals surface area contributed by atoms with Gasteiger partial charge in [-0.25, -0.2) is 0 Å². The van der Waals surface area contributed by atoms with Gasteiger partial charge in [-0.15, -0.1) is 11.3 Å². The summed E-state index contributed by atoms with van der Waals surface area (Å²) in [5.74, 6) is 0.963. The minimum Gasteiger partial charge on any atom is -0.488 e. The zero-order chi connectivity index (χ0) is 11.2. The van der Waals surface area contributed by atoms with Crippen molar-refractivity contribution in [2.75, 3.05) is 7.05 Å². The second-order valence-corrected chi connectivity index (χ2v) is 4.54. The fourth-order valence-electron chi connectivity index (χ4n) is 1.52. The molecular formula is C13H15NOS. The lowest BCUT2D eigenvalue weighted by Gasteiger charge is -2.10. The van der Waals surface area contributed by atoms with Gasteiger partial charge in [0, 0.05) is 17.0 Å². The van der Waals surface area contributed by atoms with Gasteiger partial charge in [-0.05, 0) is 24.6 Å². The zero-order valence-corrected chi connectivity index (χ0v) is 10.1. The van der Waals surface area contributed by atoms with Gasteiger partial charge < -0.3 is 10.1 Å². The van der Waals surface area contributed by atoms with E-state index in [1.807, 2.05) is 31.3 Å². The van der Waals surface area contributed by atoms with Crippen LogP contribution in [0.5, 0.6) is 5.75 Å². The number of thiophene rings is 1. The van der Waals surface area contributed by atoms with Crippen LogP contribution in [-0.4, -0.2) is 7.05 Å². The lowest BCUT2D eigenvalue weighted by molar-refractivity contribution is 0.306. The van der Waals surface area contributed by atoms with Gasteiger partial charge in [-0.2, -0.15) is 0 Å². The average Bonchev–Trinajstić information content (AvgIpc) is 2.81. The molecule has 0 spiro atoms. The molecule has 3 heteroatoms. The SMILES string of the molecule is CNCc1ccccc1OCc1cccs1. The molecule has 0 amide bonds. The summed E-state index contributed by atoms with van der Waals surface area (Å²) >= 11 is 1.72. The Morgan fingerprint density at radius 2 is 2.06 bits per heavy atom. The van der Waals surface area contributed by atoms with Crippen molar-refractivity contribution in [1.82, 2.24) is 5.32 Å². The number of para-hydroxylation sites is 1. The Balaban J connectivity index is 2.03. The lowest BCUT2D eigenvalue weighted by atomic mass is 10.2. The maximum atomic E-state index is 5.80. The van der Waals surface area contributed by atoms with E-state index >= 15 is 0 Å². The van der Waals surface area contributed by atoms with Crippen molar-refractivity contribution in [3.05, 3.63) is 52.2 Å². The number of nitrogens with one attached hydrogen (secondary N) is 1. The van der Waals surface area contributed by atoms with Crippen molar-refractivity contribution in [3.63, 3.8) is 0 Å². The van der Waals surface area contributed by atoms with Crippen molar-refractivity contribution in [1.29, 1.82) is 0 Å². The molecule has 1 N–H and O–H groups in total. The topological polar surface area (TPSA) is 21.3 Å². The standard InChI is InChI=1S/C13H15NOS/c1-14-9-11-5-2-3-7-13(11)15-10-12-6-4-8-16-12/h2-8,14H,9-10H2,1H3. The first kappa shape index (κ1) is 11.2. The molecule has 1 heterocycles. The Morgan fingerprint density at radius 1 is 1.19 bits per heavy atom. The molecular weight excluding hydrogens is 218 g/mol. The van der Waals surface area contributed by atoms with Gasteiger partial charge >= 0.3 is 0 Å². The minimum absolute atomic E-state index is 0.651.